The molecular weight excluding hydrogens is 230 g/mol. The lowest BCUT2D eigenvalue weighted by atomic mass is 9.94. The Morgan fingerprint density at radius 1 is 0.941 bits per heavy atom. The first-order valence-corrected chi connectivity index (χ1v) is 6.84. The molecule has 0 aliphatic carbocycles. The normalized spacial score (nSPS) is 10.0. The van der Waals surface area contributed by atoms with Gasteiger partial charge in [-0.05, 0) is 38.0 Å². The average Bonchev–Trinajstić information content (AvgIpc) is 2.28. The highest BCUT2D eigenvalue weighted by molar-refractivity contribution is 4.79. The molecule has 0 aromatic heterocycles. The van der Waals surface area contributed by atoms with E-state index in [1.54, 1.807) is 0 Å². The van der Waals surface area contributed by atoms with Gasteiger partial charge in [-0.25, -0.2) is 0 Å². The van der Waals surface area contributed by atoms with Gasteiger partial charge in [0.25, 0.3) is 0 Å². The van der Waals surface area contributed by atoms with Crippen molar-refractivity contribution < 1.29 is 17.7 Å². The van der Waals surface area contributed by atoms with Crippen molar-refractivity contribution in [2.45, 2.75) is 51.4 Å². The van der Waals surface area contributed by atoms with Crippen LogP contribution in [-0.4, -0.2) is 13.6 Å². The van der Waals surface area contributed by atoms with Gasteiger partial charge in [0.1, 0.15) is 0 Å². The number of unbranched alkanes of at least 4 members (excludes halogenated alkanes) is 4. The maximum atomic E-state index is 3.82. The van der Waals surface area contributed by atoms with E-state index in [-0.39, 0.29) is 12.4 Å². The third-order valence-electron chi connectivity index (χ3n) is 3.11. The SMILES string of the molecule is C=CCC(CC=C)CCCCCCC[NH2+]C.[Cl-]. The molecule has 0 atom stereocenters. The third kappa shape index (κ3) is 13.7. The monoisotopic (exact) mass is 259 g/mol. The number of hydrogen-bond donors (Lipinski definition) is 1. The quantitative estimate of drug-likeness (QED) is 0.383. The van der Waals surface area contributed by atoms with Gasteiger partial charge in [-0.1, -0.05) is 31.4 Å². The zero-order valence-electron chi connectivity index (χ0n) is 11.5. The van der Waals surface area contributed by atoms with Gasteiger partial charge in [-0.15, -0.1) is 13.2 Å². The van der Waals surface area contributed by atoms with E-state index in [0.29, 0.717) is 0 Å². The molecule has 0 aromatic carbocycles. The Hall–Kier alpha value is -0.270. The maximum Gasteiger partial charge on any atom is 0.0753 e. The topological polar surface area (TPSA) is 16.6 Å². The molecular formula is C15H30ClN. The standard InChI is InChI=1S/C15H29N.ClH/c1-4-11-15(12-5-2)13-9-7-6-8-10-14-16-3;/h4-5,15-16H,1-2,6-14H2,3H3;1H. The van der Waals surface area contributed by atoms with E-state index in [0.717, 1.165) is 18.8 Å². The summed E-state index contributed by atoms with van der Waals surface area (Å²) in [5.74, 6) is 0.791. The van der Waals surface area contributed by atoms with Gasteiger partial charge in [0.15, 0.2) is 0 Å². The largest absolute Gasteiger partial charge is 1.00 e. The van der Waals surface area contributed by atoms with Gasteiger partial charge in [-0.3, -0.25) is 0 Å². The van der Waals surface area contributed by atoms with Crippen LogP contribution in [0.5, 0.6) is 0 Å². The Morgan fingerprint density at radius 2 is 1.47 bits per heavy atom. The lowest BCUT2D eigenvalue weighted by molar-refractivity contribution is -0.627. The van der Waals surface area contributed by atoms with Crippen molar-refractivity contribution in [1.29, 1.82) is 0 Å². The van der Waals surface area contributed by atoms with Crippen LogP contribution < -0.4 is 17.7 Å². The van der Waals surface area contributed by atoms with Gasteiger partial charge in [0, 0.05) is 0 Å². The lowest BCUT2D eigenvalue weighted by Crippen LogP contribution is -3.00. The van der Waals surface area contributed by atoms with Gasteiger partial charge < -0.3 is 17.7 Å². The fourth-order valence-corrected chi connectivity index (χ4v) is 2.12. The van der Waals surface area contributed by atoms with Crippen LogP contribution in [-0.2, 0) is 0 Å². The molecule has 0 bridgehead atoms. The van der Waals surface area contributed by atoms with Crippen LogP contribution >= 0.6 is 0 Å². The Balaban J connectivity index is 0. The molecule has 0 aromatic rings. The molecule has 0 saturated carbocycles. The Kier molecular flexibility index (Phi) is 17.7. The van der Waals surface area contributed by atoms with Crippen molar-refractivity contribution in [1.82, 2.24) is 0 Å². The van der Waals surface area contributed by atoms with Crippen LogP contribution in [0.25, 0.3) is 0 Å². The summed E-state index contributed by atoms with van der Waals surface area (Å²) >= 11 is 0. The van der Waals surface area contributed by atoms with Crippen molar-refractivity contribution in [2.24, 2.45) is 5.92 Å². The molecule has 0 aliphatic rings. The van der Waals surface area contributed by atoms with Crippen LogP contribution in [0.1, 0.15) is 51.4 Å². The first kappa shape index (κ1) is 19.1. The summed E-state index contributed by atoms with van der Waals surface area (Å²) in [4.78, 5) is 0. The predicted molar refractivity (Wildman–Crippen MR) is 73.5 cm³/mol. The summed E-state index contributed by atoms with van der Waals surface area (Å²) in [7, 11) is 2.15. The van der Waals surface area contributed by atoms with Gasteiger partial charge in [0.2, 0.25) is 0 Å². The molecule has 0 heterocycles. The molecule has 1 nitrogen and oxygen atoms in total. The number of allylic oxidation sites excluding steroid dienone is 2. The minimum absolute atomic E-state index is 0. The minimum Gasteiger partial charge on any atom is -1.00 e. The molecule has 0 saturated heterocycles. The smallest absolute Gasteiger partial charge is 0.0753 e. The summed E-state index contributed by atoms with van der Waals surface area (Å²) < 4.78 is 0. The molecule has 0 aliphatic heterocycles. The summed E-state index contributed by atoms with van der Waals surface area (Å²) in [5, 5.41) is 2.27. The molecule has 0 amide bonds. The minimum atomic E-state index is 0. The summed E-state index contributed by atoms with van der Waals surface area (Å²) in [6.45, 7) is 8.93. The predicted octanol–water partition coefficient (Wildman–Crippen LogP) is 0.293. The van der Waals surface area contributed by atoms with E-state index in [2.05, 4.69) is 25.5 Å². The Labute approximate surface area is 114 Å². The summed E-state index contributed by atoms with van der Waals surface area (Å²) in [6, 6.07) is 0. The Bertz CT molecular complexity index is 158. The molecule has 2 heteroatoms. The molecule has 0 radical (unpaired) electrons. The third-order valence-corrected chi connectivity index (χ3v) is 3.11. The highest BCUT2D eigenvalue weighted by Gasteiger charge is 2.04. The molecule has 0 fully saturated rings. The fourth-order valence-electron chi connectivity index (χ4n) is 2.12. The highest BCUT2D eigenvalue weighted by Crippen LogP contribution is 2.18. The second-order valence-corrected chi connectivity index (χ2v) is 4.67. The zero-order chi connectivity index (χ0) is 12.1. The van der Waals surface area contributed by atoms with Crippen molar-refractivity contribution in [3.8, 4) is 0 Å². The van der Waals surface area contributed by atoms with Crippen LogP contribution in [0, 0.1) is 5.92 Å². The van der Waals surface area contributed by atoms with Crippen LogP contribution in [0.15, 0.2) is 25.3 Å². The van der Waals surface area contributed by atoms with E-state index in [9.17, 15) is 0 Å². The van der Waals surface area contributed by atoms with Crippen LogP contribution in [0.4, 0.5) is 0 Å². The first-order chi connectivity index (χ1) is 7.85. The molecule has 0 unspecified atom stereocenters. The van der Waals surface area contributed by atoms with E-state index >= 15 is 0 Å². The second kappa shape index (κ2) is 15.7. The lowest BCUT2D eigenvalue weighted by Gasteiger charge is -2.12. The van der Waals surface area contributed by atoms with E-state index < -0.39 is 0 Å². The highest BCUT2D eigenvalue weighted by atomic mass is 35.5. The zero-order valence-corrected chi connectivity index (χ0v) is 12.2. The summed E-state index contributed by atoms with van der Waals surface area (Å²) in [6.07, 6.45) is 14.7. The average molecular weight is 260 g/mol. The van der Waals surface area contributed by atoms with E-state index in [4.69, 9.17) is 0 Å². The van der Waals surface area contributed by atoms with Gasteiger partial charge in [-0.2, -0.15) is 0 Å². The van der Waals surface area contributed by atoms with Gasteiger partial charge in [0.05, 0.1) is 13.6 Å². The van der Waals surface area contributed by atoms with Crippen LogP contribution in [0.3, 0.4) is 0 Å². The van der Waals surface area contributed by atoms with Gasteiger partial charge >= 0.3 is 0 Å². The van der Waals surface area contributed by atoms with Crippen molar-refractivity contribution in [3.63, 3.8) is 0 Å². The summed E-state index contributed by atoms with van der Waals surface area (Å²) in [5.41, 5.74) is 0. The van der Waals surface area contributed by atoms with Crippen LogP contribution in [0.2, 0.25) is 0 Å². The fraction of sp³-hybridized carbons (Fsp3) is 0.733. The molecule has 102 valence electrons. The second-order valence-electron chi connectivity index (χ2n) is 4.67. The first-order valence-electron chi connectivity index (χ1n) is 6.84. The molecule has 17 heavy (non-hydrogen) atoms. The number of quaternary nitrogens is 1. The van der Waals surface area contributed by atoms with Crippen molar-refractivity contribution in [2.75, 3.05) is 13.6 Å². The van der Waals surface area contributed by atoms with E-state index in [1.807, 2.05) is 12.2 Å². The maximum absolute atomic E-state index is 3.82. The number of halogens is 1. The van der Waals surface area contributed by atoms with Crippen molar-refractivity contribution in [3.05, 3.63) is 25.3 Å². The Morgan fingerprint density at radius 3 is 2.00 bits per heavy atom. The number of nitrogens with two attached hydrogens (primary N) is 1. The van der Waals surface area contributed by atoms with Crippen molar-refractivity contribution >= 4 is 0 Å². The molecule has 0 rings (SSSR count). The number of rotatable bonds is 12. The molecule has 0 spiro atoms. The van der Waals surface area contributed by atoms with E-state index in [1.165, 1.54) is 45.1 Å². The molecule has 2 N–H and O–H groups in total. The number of hydrogen-bond acceptors (Lipinski definition) is 0.